The number of thiophene rings is 1. The lowest BCUT2D eigenvalue weighted by Gasteiger charge is -2.38. The Hall–Kier alpha value is -1.51. The van der Waals surface area contributed by atoms with Crippen LogP contribution in [-0.2, 0) is 16.7 Å². The molecule has 3 rings (SSSR count). The first-order chi connectivity index (χ1) is 14.0. The van der Waals surface area contributed by atoms with E-state index >= 15 is 0 Å². The molecular formula is C22H28F4N2OS. The van der Waals surface area contributed by atoms with Gasteiger partial charge in [-0.2, -0.15) is 17.6 Å². The van der Waals surface area contributed by atoms with Crippen LogP contribution in [0.3, 0.4) is 0 Å². The van der Waals surface area contributed by atoms with Gasteiger partial charge in [-0.1, -0.05) is 6.07 Å². The molecule has 3 nitrogen and oxygen atoms in total. The molecule has 0 aromatic carbocycles. The van der Waals surface area contributed by atoms with Gasteiger partial charge in [0.15, 0.2) is 5.13 Å². The predicted molar refractivity (Wildman–Crippen MR) is 110 cm³/mol. The summed E-state index contributed by atoms with van der Waals surface area (Å²) >= 11 is 1.09. The van der Waals surface area contributed by atoms with E-state index in [-0.39, 0.29) is 17.3 Å². The highest BCUT2D eigenvalue weighted by Gasteiger charge is 2.44. The van der Waals surface area contributed by atoms with E-state index < -0.39 is 18.2 Å². The third-order valence-electron chi connectivity index (χ3n) is 6.05. The van der Waals surface area contributed by atoms with Crippen molar-refractivity contribution in [2.45, 2.75) is 51.7 Å². The first kappa shape index (κ1) is 23.2. The van der Waals surface area contributed by atoms with Gasteiger partial charge in [-0.15, -0.1) is 11.3 Å². The molecule has 2 aromatic heterocycles. The molecule has 1 atom stereocenters. The molecule has 0 amide bonds. The number of halogens is 4. The van der Waals surface area contributed by atoms with Crippen molar-refractivity contribution in [1.82, 2.24) is 9.88 Å². The number of aromatic nitrogens is 1. The van der Waals surface area contributed by atoms with Crippen LogP contribution in [0.15, 0.2) is 30.5 Å². The summed E-state index contributed by atoms with van der Waals surface area (Å²) in [5, 5.41) is -0.242. The Morgan fingerprint density at radius 3 is 2.57 bits per heavy atom. The molecule has 3 heterocycles. The second-order valence-electron chi connectivity index (χ2n) is 8.73. The van der Waals surface area contributed by atoms with Crippen molar-refractivity contribution in [3.63, 3.8) is 0 Å². The molecule has 1 fully saturated rings. The zero-order valence-corrected chi connectivity index (χ0v) is 18.4. The second kappa shape index (κ2) is 8.93. The van der Waals surface area contributed by atoms with E-state index in [1.54, 1.807) is 6.07 Å². The average molecular weight is 445 g/mol. The number of aryl methyl sites for hydroxylation is 2. The summed E-state index contributed by atoms with van der Waals surface area (Å²) in [6.07, 6.45) is -0.456. The second-order valence-corrected chi connectivity index (χ2v) is 9.85. The number of ether oxygens (including phenoxy) is 1. The number of alkyl halides is 3. The topological polar surface area (TPSA) is 25.4 Å². The molecular weight excluding hydrogens is 416 g/mol. The third kappa shape index (κ3) is 5.80. The fraction of sp³-hybridized carbons (Fsp3) is 0.591. The third-order valence-corrected chi connectivity index (χ3v) is 6.98. The molecule has 0 spiro atoms. The summed E-state index contributed by atoms with van der Waals surface area (Å²) in [4.78, 5) is 7.60. The quantitative estimate of drug-likeness (QED) is 0.486. The largest absolute Gasteiger partial charge is 0.411 e. The van der Waals surface area contributed by atoms with Crippen LogP contribution in [-0.4, -0.2) is 42.4 Å². The van der Waals surface area contributed by atoms with Crippen LogP contribution < -0.4 is 0 Å². The van der Waals surface area contributed by atoms with Crippen molar-refractivity contribution in [3.8, 4) is 0 Å². The van der Waals surface area contributed by atoms with Gasteiger partial charge in [0.1, 0.15) is 6.61 Å². The van der Waals surface area contributed by atoms with Crippen molar-refractivity contribution < 1.29 is 22.3 Å². The van der Waals surface area contributed by atoms with E-state index in [0.717, 1.165) is 40.4 Å². The Morgan fingerprint density at radius 1 is 1.20 bits per heavy atom. The fourth-order valence-corrected chi connectivity index (χ4v) is 4.80. The van der Waals surface area contributed by atoms with Crippen molar-refractivity contribution in [3.05, 3.63) is 51.7 Å². The SMILES string of the molecule is Cc1ccc(C(C)(C)N2CCC(CCc3ccc(F)s3)(COCC(F)(F)F)C2)cn1. The molecule has 0 bridgehead atoms. The van der Waals surface area contributed by atoms with E-state index in [0.29, 0.717) is 19.4 Å². The van der Waals surface area contributed by atoms with E-state index in [4.69, 9.17) is 4.74 Å². The molecule has 166 valence electrons. The lowest BCUT2D eigenvalue weighted by atomic mass is 9.82. The van der Waals surface area contributed by atoms with Gasteiger partial charge in [-0.25, -0.2) is 0 Å². The molecule has 0 N–H and O–H groups in total. The maximum atomic E-state index is 13.3. The van der Waals surface area contributed by atoms with Gasteiger partial charge < -0.3 is 4.74 Å². The number of pyridine rings is 1. The number of rotatable bonds is 8. The van der Waals surface area contributed by atoms with Gasteiger partial charge in [0.2, 0.25) is 0 Å². The average Bonchev–Trinajstić information content (AvgIpc) is 3.27. The van der Waals surface area contributed by atoms with Gasteiger partial charge in [0, 0.05) is 34.3 Å². The Bertz CT molecular complexity index is 834. The van der Waals surface area contributed by atoms with Crippen LogP contribution in [0.1, 0.15) is 42.8 Å². The van der Waals surface area contributed by atoms with Crippen molar-refractivity contribution in [2.24, 2.45) is 5.41 Å². The van der Waals surface area contributed by atoms with E-state index in [2.05, 4.69) is 29.8 Å². The Kier molecular flexibility index (Phi) is 6.89. The van der Waals surface area contributed by atoms with E-state index in [9.17, 15) is 17.6 Å². The minimum Gasteiger partial charge on any atom is -0.371 e. The minimum atomic E-state index is -4.34. The molecule has 0 saturated carbocycles. The van der Waals surface area contributed by atoms with E-state index in [1.165, 1.54) is 6.07 Å². The normalized spacial score (nSPS) is 20.8. The molecule has 0 radical (unpaired) electrons. The lowest BCUT2D eigenvalue weighted by Crippen LogP contribution is -2.42. The van der Waals surface area contributed by atoms with Crippen LogP contribution in [0, 0.1) is 17.5 Å². The molecule has 2 aromatic rings. The molecule has 1 saturated heterocycles. The highest BCUT2D eigenvalue weighted by atomic mass is 32.1. The number of hydrogen-bond donors (Lipinski definition) is 0. The maximum Gasteiger partial charge on any atom is 0.411 e. The molecule has 1 aliphatic rings. The summed E-state index contributed by atoms with van der Waals surface area (Å²) < 4.78 is 56.4. The predicted octanol–water partition coefficient (Wildman–Crippen LogP) is 5.73. The van der Waals surface area contributed by atoms with Gasteiger partial charge in [-0.05, 0) is 70.3 Å². The van der Waals surface area contributed by atoms with Crippen LogP contribution in [0.4, 0.5) is 17.6 Å². The Morgan fingerprint density at radius 2 is 1.97 bits per heavy atom. The van der Waals surface area contributed by atoms with Crippen LogP contribution >= 0.6 is 11.3 Å². The summed E-state index contributed by atoms with van der Waals surface area (Å²) in [5.41, 5.74) is 1.30. The minimum absolute atomic E-state index is 0.0408. The van der Waals surface area contributed by atoms with Gasteiger partial charge in [-0.3, -0.25) is 9.88 Å². The Balaban J connectivity index is 1.73. The summed E-state index contributed by atoms with van der Waals surface area (Å²) in [5.74, 6) is 0. The summed E-state index contributed by atoms with van der Waals surface area (Å²) in [7, 11) is 0. The van der Waals surface area contributed by atoms with Gasteiger partial charge >= 0.3 is 6.18 Å². The smallest absolute Gasteiger partial charge is 0.371 e. The fourth-order valence-electron chi connectivity index (χ4n) is 4.08. The first-order valence-electron chi connectivity index (χ1n) is 10.1. The molecule has 1 aliphatic heterocycles. The number of likely N-dealkylation sites (tertiary alicyclic amines) is 1. The zero-order valence-electron chi connectivity index (χ0n) is 17.6. The Labute approximate surface area is 179 Å². The number of hydrogen-bond acceptors (Lipinski definition) is 4. The van der Waals surface area contributed by atoms with Crippen LogP contribution in [0.25, 0.3) is 0 Å². The van der Waals surface area contributed by atoms with Crippen molar-refractivity contribution in [1.29, 1.82) is 0 Å². The monoisotopic (exact) mass is 444 g/mol. The van der Waals surface area contributed by atoms with Gasteiger partial charge in [0.25, 0.3) is 0 Å². The first-order valence-corrected chi connectivity index (χ1v) is 10.9. The van der Waals surface area contributed by atoms with Crippen LogP contribution in [0.2, 0.25) is 0 Å². The molecule has 1 unspecified atom stereocenters. The standard InChI is InChI=1S/C22H28F4N2OS/c1-16-4-5-17(12-27-16)20(2,3)28-11-10-21(13-28,14-29-15-22(24,25)26)9-8-18-6-7-19(23)30-18/h4-7,12H,8-11,13-15H2,1-3H3. The highest BCUT2D eigenvalue weighted by molar-refractivity contribution is 7.10. The maximum absolute atomic E-state index is 13.3. The zero-order chi connectivity index (χ0) is 22.0. The highest BCUT2D eigenvalue weighted by Crippen LogP contribution is 2.42. The van der Waals surface area contributed by atoms with E-state index in [1.807, 2.05) is 19.2 Å². The summed E-state index contributed by atoms with van der Waals surface area (Å²) in [6.45, 7) is 6.34. The van der Waals surface area contributed by atoms with Crippen molar-refractivity contribution in [2.75, 3.05) is 26.3 Å². The number of nitrogens with zero attached hydrogens (tertiary/aromatic N) is 2. The van der Waals surface area contributed by atoms with Crippen molar-refractivity contribution >= 4 is 11.3 Å². The molecule has 30 heavy (non-hydrogen) atoms. The van der Waals surface area contributed by atoms with Gasteiger partial charge in [0.05, 0.1) is 6.61 Å². The van der Waals surface area contributed by atoms with Crippen LogP contribution in [0.5, 0.6) is 0 Å². The summed E-state index contributed by atoms with van der Waals surface area (Å²) in [6, 6.07) is 7.20. The molecule has 0 aliphatic carbocycles. The molecule has 8 heteroatoms. The lowest BCUT2D eigenvalue weighted by molar-refractivity contribution is -0.180.